The Kier molecular flexibility index (Phi) is 5.81. The zero-order valence-corrected chi connectivity index (χ0v) is 13.7. The van der Waals surface area contributed by atoms with E-state index in [0.29, 0.717) is 17.4 Å². The van der Waals surface area contributed by atoms with Crippen LogP contribution in [0.4, 0.5) is 4.39 Å². The van der Waals surface area contributed by atoms with E-state index in [9.17, 15) is 9.18 Å². The second kappa shape index (κ2) is 7.42. The maximum atomic E-state index is 13.9. The van der Waals surface area contributed by atoms with Crippen LogP contribution in [0.5, 0.6) is 0 Å². The molecule has 2 saturated heterocycles. The average molecular weight is 327 g/mol. The maximum Gasteiger partial charge on any atom is 0.229 e. The SMILES string of the molecule is CC(C(=O)N1CC[C@@H]2CNC[C@@H]2CC1)c1ccccc1F.Cl. The zero-order chi connectivity index (χ0) is 14.8. The summed E-state index contributed by atoms with van der Waals surface area (Å²) in [6, 6.07) is 6.60. The number of carbonyl (C=O) groups excluding carboxylic acids is 1. The second-order valence-corrected chi connectivity index (χ2v) is 6.32. The third-order valence-electron chi connectivity index (χ3n) is 5.07. The Bertz CT molecular complexity index is 511. The Morgan fingerprint density at radius 2 is 1.82 bits per heavy atom. The van der Waals surface area contributed by atoms with E-state index in [1.54, 1.807) is 18.2 Å². The smallest absolute Gasteiger partial charge is 0.229 e. The van der Waals surface area contributed by atoms with Gasteiger partial charge in [-0.1, -0.05) is 18.2 Å². The fraction of sp³-hybridized carbons (Fsp3) is 0.588. The quantitative estimate of drug-likeness (QED) is 0.906. The molecular weight excluding hydrogens is 303 g/mol. The summed E-state index contributed by atoms with van der Waals surface area (Å²) in [6.45, 7) is 5.58. The summed E-state index contributed by atoms with van der Waals surface area (Å²) in [5.74, 6) is 0.780. The lowest BCUT2D eigenvalue weighted by molar-refractivity contribution is -0.132. The maximum absolute atomic E-state index is 13.9. The van der Waals surface area contributed by atoms with Crippen LogP contribution in [0.25, 0.3) is 0 Å². The molecule has 1 aromatic carbocycles. The van der Waals surface area contributed by atoms with Crippen molar-refractivity contribution >= 4 is 18.3 Å². The summed E-state index contributed by atoms with van der Waals surface area (Å²) in [4.78, 5) is 14.6. The third kappa shape index (κ3) is 3.44. The number of hydrogen-bond acceptors (Lipinski definition) is 2. The highest BCUT2D eigenvalue weighted by molar-refractivity contribution is 5.85. The molecule has 2 fully saturated rings. The van der Waals surface area contributed by atoms with Crippen LogP contribution >= 0.6 is 12.4 Å². The summed E-state index contributed by atoms with van der Waals surface area (Å²) in [6.07, 6.45) is 2.13. The van der Waals surface area contributed by atoms with Gasteiger partial charge in [0.15, 0.2) is 0 Å². The molecule has 1 unspecified atom stereocenters. The largest absolute Gasteiger partial charge is 0.342 e. The van der Waals surface area contributed by atoms with Crippen molar-refractivity contribution in [1.29, 1.82) is 0 Å². The van der Waals surface area contributed by atoms with Crippen molar-refractivity contribution in [3.8, 4) is 0 Å². The lowest BCUT2D eigenvalue weighted by atomic mass is 9.92. The van der Waals surface area contributed by atoms with Crippen molar-refractivity contribution in [3.63, 3.8) is 0 Å². The Labute approximate surface area is 137 Å². The first-order valence-corrected chi connectivity index (χ1v) is 7.90. The molecule has 3 nitrogen and oxygen atoms in total. The minimum Gasteiger partial charge on any atom is -0.342 e. The van der Waals surface area contributed by atoms with E-state index in [1.165, 1.54) is 6.07 Å². The van der Waals surface area contributed by atoms with Crippen molar-refractivity contribution < 1.29 is 9.18 Å². The first-order chi connectivity index (χ1) is 10.2. The average Bonchev–Trinajstić information content (AvgIpc) is 2.85. The van der Waals surface area contributed by atoms with E-state index < -0.39 is 5.92 Å². The molecule has 1 amide bonds. The van der Waals surface area contributed by atoms with E-state index in [0.717, 1.165) is 39.0 Å². The third-order valence-corrected chi connectivity index (χ3v) is 5.07. The fourth-order valence-electron chi connectivity index (χ4n) is 3.67. The number of nitrogens with zero attached hydrogens (tertiary/aromatic N) is 1. The first kappa shape index (κ1) is 17.2. The number of amides is 1. The van der Waals surface area contributed by atoms with Gasteiger partial charge in [0.2, 0.25) is 5.91 Å². The lowest BCUT2D eigenvalue weighted by Crippen LogP contribution is -2.36. The monoisotopic (exact) mass is 326 g/mol. The number of benzene rings is 1. The molecule has 2 aliphatic rings. The van der Waals surface area contributed by atoms with Gasteiger partial charge in [-0.15, -0.1) is 12.4 Å². The molecule has 22 heavy (non-hydrogen) atoms. The van der Waals surface area contributed by atoms with Gasteiger partial charge in [-0.25, -0.2) is 4.39 Å². The number of halogens is 2. The van der Waals surface area contributed by atoms with Gasteiger partial charge in [0.25, 0.3) is 0 Å². The van der Waals surface area contributed by atoms with Gasteiger partial charge in [0, 0.05) is 13.1 Å². The van der Waals surface area contributed by atoms with Crippen LogP contribution < -0.4 is 5.32 Å². The molecule has 1 aromatic rings. The fourth-order valence-corrected chi connectivity index (χ4v) is 3.67. The first-order valence-electron chi connectivity index (χ1n) is 7.90. The van der Waals surface area contributed by atoms with Gasteiger partial charge in [0.05, 0.1) is 5.92 Å². The molecule has 2 heterocycles. The number of rotatable bonds is 2. The van der Waals surface area contributed by atoms with Crippen molar-refractivity contribution in [1.82, 2.24) is 10.2 Å². The van der Waals surface area contributed by atoms with Crippen molar-refractivity contribution in [2.24, 2.45) is 11.8 Å². The number of hydrogen-bond donors (Lipinski definition) is 1. The molecule has 1 N–H and O–H groups in total. The number of likely N-dealkylation sites (tertiary alicyclic amines) is 1. The normalized spacial score (nSPS) is 25.8. The highest BCUT2D eigenvalue weighted by Crippen LogP contribution is 2.29. The predicted octanol–water partition coefficient (Wildman–Crippen LogP) is 2.81. The summed E-state index contributed by atoms with van der Waals surface area (Å²) in [7, 11) is 0. The van der Waals surface area contributed by atoms with Gasteiger partial charge in [-0.05, 0) is 56.3 Å². The van der Waals surface area contributed by atoms with Crippen molar-refractivity contribution in [2.75, 3.05) is 26.2 Å². The molecule has 0 aliphatic carbocycles. The molecule has 3 rings (SSSR count). The van der Waals surface area contributed by atoms with Crippen LogP contribution in [0.15, 0.2) is 24.3 Å². The minimum absolute atomic E-state index is 0. The number of nitrogens with one attached hydrogen (secondary N) is 1. The van der Waals surface area contributed by atoms with Crippen LogP contribution in [-0.4, -0.2) is 37.0 Å². The minimum atomic E-state index is -0.401. The van der Waals surface area contributed by atoms with Crippen molar-refractivity contribution in [3.05, 3.63) is 35.6 Å². The highest BCUT2D eigenvalue weighted by Gasteiger charge is 2.33. The standard InChI is InChI=1S/C17H23FN2O.ClH/c1-12(15-4-2-3-5-16(15)18)17(21)20-8-6-13-10-19-11-14(13)7-9-20;/h2-5,12-14,19H,6-11H2,1H3;1H/t12?,13-,14+;. The predicted molar refractivity (Wildman–Crippen MR) is 87.7 cm³/mol. The summed E-state index contributed by atoms with van der Waals surface area (Å²) in [5.41, 5.74) is 0.508. The zero-order valence-electron chi connectivity index (χ0n) is 12.9. The molecule has 0 radical (unpaired) electrons. The van der Waals surface area contributed by atoms with E-state index >= 15 is 0 Å². The molecule has 3 atom stereocenters. The molecule has 0 saturated carbocycles. The Hall–Kier alpha value is -1.13. The Balaban J connectivity index is 0.00000176. The van der Waals surface area contributed by atoms with E-state index in [1.807, 2.05) is 11.8 Å². The number of fused-ring (bicyclic) bond motifs is 1. The topological polar surface area (TPSA) is 32.3 Å². The van der Waals surface area contributed by atoms with Gasteiger partial charge < -0.3 is 10.2 Å². The van der Waals surface area contributed by atoms with E-state index in [-0.39, 0.29) is 24.1 Å². The molecule has 122 valence electrons. The van der Waals surface area contributed by atoms with Crippen LogP contribution in [0.3, 0.4) is 0 Å². The molecule has 2 aliphatic heterocycles. The molecule has 0 bridgehead atoms. The van der Waals surface area contributed by atoms with Gasteiger partial charge in [-0.3, -0.25) is 4.79 Å². The molecule has 5 heteroatoms. The van der Waals surface area contributed by atoms with Gasteiger partial charge >= 0.3 is 0 Å². The summed E-state index contributed by atoms with van der Waals surface area (Å²) in [5, 5.41) is 3.44. The molecule has 0 spiro atoms. The molecular formula is C17H24ClFN2O. The van der Waals surface area contributed by atoms with E-state index in [2.05, 4.69) is 5.32 Å². The van der Waals surface area contributed by atoms with Gasteiger partial charge in [0.1, 0.15) is 5.82 Å². The van der Waals surface area contributed by atoms with Crippen LogP contribution in [0.2, 0.25) is 0 Å². The van der Waals surface area contributed by atoms with Crippen molar-refractivity contribution in [2.45, 2.75) is 25.7 Å². The van der Waals surface area contributed by atoms with Crippen LogP contribution in [0.1, 0.15) is 31.2 Å². The molecule has 0 aromatic heterocycles. The summed E-state index contributed by atoms with van der Waals surface area (Å²) < 4.78 is 13.9. The van der Waals surface area contributed by atoms with Crippen LogP contribution in [0, 0.1) is 17.7 Å². The Morgan fingerprint density at radius 3 is 2.41 bits per heavy atom. The Morgan fingerprint density at radius 1 is 1.23 bits per heavy atom. The highest BCUT2D eigenvalue weighted by atomic mass is 35.5. The van der Waals surface area contributed by atoms with Gasteiger partial charge in [-0.2, -0.15) is 0 Å². The van der Waals surface area contributed by atoms with Crippen LogP contribution in [-0.2, 0) is 4.79 Å². The van der Waals surface area contributed by atoms with E-state index in [4.69, 9.17) is 0 Å². The second-order valence-electron chi connectivity index (χ2n) is 6.32. The lowest BCUT2D eigenvalue weighted by Gasteiger charge is -2.25. The number of carbonyl (C=O) groups is 1. The summed E-state index contributed by atoms with van der Waals surface area (Å²) >= 11 is 0.